The molecule has 0 saturated heterocycles. The van der Waals surface area contributed by atoms with Crippen molar-refractivity contribution in [3.63, 3.8) is 0 Å². The molecule has 0 aliphatic carbocycles. The molecule has 138 heavy (non-hydrogen) atoms. The predicted molar refractivity (Wildman–Crippen MR) is 539 cm³/mol. The van der Waals surface area contributed by atoms with Crippen LogP contribution in [0.4, 0.5) is 38.9 Å². The molecule has 6 atom stereocenters. The summed E-state index contributed by atoms with van der Waals surface area (Å²) >= 11 is 0. The molecule has 8 aliphatic heterocycles. The van der Waals surface area contributed by atoms with Crippen molar-refractivity contribution in [2.24, 2.45) is 28.3 Å². The zero-order chi connectivity index (χ0) is 98.0. The number of nitrogens with zero attached hydrogens (tertiary/aromatic N) is 7. The largest absolute Gasteiger partial charge is 0.493 e. The van der Waals surface area contributed by atoms with E-state index in [0.717, 1.165) is 100 Å². The summed E-state index contributed by atoms with van der Waals surface area (Å²) in [5.41, 5.74) is 32.9. The van der Waals surface area contributed by atoms with Crippen molar-refractivity contribution in [1.29, 1.82) is 0 Å². The summed E-state index contributed by atoms with van der Waals surface area (Å²) in [5, 5.41) is 9.05. The average Bonchev–Trinajstić information content (AvgIpc) is 1.60. The van der Waals surface area contributed by atoms with Crippen LogP contribution in [0.3, 0.4) is 0 Å². The smallest absolute Gasteiger partial charge is 0.312 e. The van der Waals surface area contributed by atoms with Gasteiger partial charge in [0.2, 0.25) is 5.91 Å². The molecule has 0 aromatic heterocycles. The highest BCUT2D eigenvalue weighted by Gasteiger charge is 2.46. The van der Waals surface area contributed by atoms with Gasteiger partial charge in [-0.3, -0.25) is 53.1 Å². The number of carbonyl (C=O) groups excluding carboxylic acids is 9. The first-order valence-electron chi connectivity index (χ1n) is 48.5. The number of Topliss-reactive ketones (excluding diaryl/α,β-unsaturated/α-hetero) is 1. The minimum atomic E-state index is -1.41. The lowest BCUT2D eigenvalue weighted by Gasteiger charge is -2.35. The van der Waals surface area contributed by atoms with Crippen LogP contribution in [0.15, 0.2) is 138 Å². The number of nitrogens with one attached hydrogen (secondary N) is 3. The number of hydrogen-bond donors (Lipinski definition) is 6. The van der Waals surface area contributed by atoms with E-state index in [0.29, 0.717) is 190 Å². The van der Waals surface area contributed by atoms with Gasteiger partial charge in [0.1, 0.15) is 37.0 Å². The van der Waals surface area contributed by atoms with Crippen molar-refractivity contribution in [2.45, 2.75) is 219 Å². The summed E-state index contributed by atoms with van der Waals surface area (Å²) < 4.78 is 49.1. The fourth-order valence-corrected chi connectivity index (χ4v) is 20.6. The van der Waals surface area contributed by atoms with Crippen LogP contribution in [0.2, 0.25) is 51.4 Å². The maximum Gasteiger partial charge on any atom is 0.312 e. The zero-order valence-corrected chi connectivity index (χ0v) is 83.6. The van der Waals surface area contributed by atoms with Gasteiger partial charge in [0.25, 0.3) is 35.4 Å². The predicted octanol–water partition coefficient (Wildman–Crippen LogP) is 15.5. The normalized spacial score (nSPS) is 17.7. The molecule has 732 valence electrons. The number of carbonyl (C=O) groups is 9. The highest BCUT2D eigenvalue weighted by Crippen LogP contribution is 2.45. The summed E-state index contributed by atoms with van der Waals surface area (Å²) in [6.07, 6.45) is 9.36. The van der Waals surface area contributed by atoms with Gasteiger partial charge in [-0.1, -0.05) is 114 Å². The van der Waals surface area contributed by atoms with E-state index in [1.807, 2.05) is 124 Å². The first kappa shape index (κ1) is 99.8. The Bertz CT molecular complexity index is 5940. The Morgan fingerprint density at radius 1 is 0.500 bits per heavy atom. The Kier molecular flexibility index (Phi) is 31.8. The topological polar surface area (TPSA) is 373 Å². The minimum absolute atomic E-state index is 0.00286. The molecule has 8 aromatic rings. The summed E-state index contributed by atoms with van der Waals surface area (Å²) in [6, 6.07) is 41.1. The minimum Gasteiger partial charge on any atom is -0.493 e. The van der Waals surface area contributed by atoms with Crippen LogP contribution < -0.4 is 71.4 Å². The fourth-order valence-electron chi connectivity index (χ4n) is 19.1. The Balaban J connectivity index is 0.000000209. The SMILES string of the molecule is COc1cc2c(cc1OCCCCCOc1cc3c(cc1C)C(=O)N1Cc4ccccc4C[C@H]1C(=O)N3COCC[Si](C)(C)C)N(COCC[Si](C)(C)C)C(=O)[C@@H]1Cc3ccc(N)cc3CN1C2=O.COc1cc2c(cc1OCCCCCOc1cc3c(cc1C)C(=O)N1Cc4ccccc4C[C@H]1CN3)N=C[C@@H]1Cc3ccc(NC(=O)[C@H](CCCNC(N)=O)CC(=O)[C@@H](N)C(C)C)cc3CN1C2=O. The van der Waals surface area contributed by atoms with Gasteiger partial charge in [0.05, 0.1) is 104 Å². The van der Waals surface area contributed by atoms with Crippen LogP contribution in [-0.4, -0.2) is 206 Å². The van der Waals surface area contributed by atoms with E-state index >= 15 is 0 Å². The van der Waals surface area contributed by atoms with E-state index in [1.54, 1.807) is 69.2 Å². The first-order valence-corrected chi connectivity index (χ1v) is 55.9. The summed E-state index contributed by atoms with van der Waals surface area (Å²) in [7, 11) is 0.297. The van der Waals surface area contributed by atoms with Gasteiger partial charge in [0.15, 0.2) is 28.8 Å². The van der Waals surface area contributed by atoms with Crippen molar-refractivity contribution in [2.75, 3.05) is 107 Å². The Hall–Kier alpha value is -12.6. The standard InChI is InChI=1S/C53H64N8O8.C53H69N5O9Si2/c1-31(2)49(54)45(62)23-35(13-10-16-56-53(55)66)50(63)59-38-15-14-34-22-40-28-58-44-26-48(47(67-4)24-42(44)52(65)61(40)30-37(34)20-38)69-18-9-5-8-17-68-46-25-43-41(19-32(46)3)51(64)60-29-36-12-7-6-11-33(36)21-39(60)27-57-43;1-35-24-41-43(57(33-64-20-22-68(3,4)5)52(61)45-26-36-14-10-11-15-38(36)31-55(45)50(41)59)29-47(35)66-18-12-9-13-19-67-49-30-44-42(28-48(49)63-2)51(60)56-32-39-25-40(54)17-16-37(39)27-46(56)53(62)58(44)34-65-21-23-69(6,7)8/h6-7,11-12,14-15,19-20,24-26,28,31,35,39-40,49,57H,5,8-10,13,16-18,21-23,27,29-30,54H2,1-4H3,(H,59,63)(H3,55,56,66);10-11,14-17,24-25,28-30,45-46H,9,12-13,18-23,26-27,31-34,54H2,1-8H3/t35-,39+,40+,49+;45-,46-/m10/s1. The molecule has 8 aromatic carbocycles. The molecular formula is C106H133N13O17Si2. The number of amides is 9. The van der Waals surface area contributed by atoms with E-state index in [9.17, 15) is 43.2 Å². The van der Waals surface area contributed by atoms with Crippen molar-refractivity contribution in [1.82, 2.24) is 24.9 Å². The Morgan fingerprint density at radius 3 is 1.56 bits per heavy atom. The van der Waals surface area contributed by atoms with Gasteiger partial charge in [0, 0.05) is 136 Å². The number of urea groups is 1. The number of aliphatic imine (C=N–C) groups is 1. The van der Waals surface area contributed by atoms with E-state index < -0.39 is 46.2 Å². The molecule has 0 radical (unpaired) electrons. The molecule has 0 unspecified atom stereocenters. The lowest BCUT2D eigenvalue weighted by molar-refractivity contribution is -0.127. The van der Waals surface area contributed by atoms with Crippen molar-refractivity contribution in [3.05, 3.63) is 211 Å². The van der Waals surface area contributed by atoms with Crippen LogP contribution in [0, 0.1) is 25.7 Å². The van der Waals surface area contributed by atoms with Crippen LogP contribution in [-0.2, 0) is 80.5 Å². The number of fused-ring (bicyclic) bond motifs is 12. The number of hydrogen-bond acceptors (Lipinski definition) is 21. The first-order chi connectivity index (χ1) is 66.2. The van der Waals surface area contributed by atoms with Gasteiger partial charge >= 0.3 is 6.03 Å². The molecule has 32 heteroatoms. The number of aryl methyl sites for hydroxylation is 2. The van der Waals surface area contributed by atoms with Crippen molar-refractivity contribution >= 4 is 110 Å². The number of nitrogens with two attached hydrogens (primary N) is 3. The highest BCUT2D eigenvalue weighted by atomic mass is 28.3. The number of nitrogen functional groups attached to an aromatic ring is 1. The molecular weight excluding hydrogens is 1780 g/mol. The summed E-state index contributed by atoms with van der Waals surface area (Å²) in [4.78, 5) is 139. The second-order valence-electron chi connectivity index (χ2n) is 40.2. The molecule has 30 nitrogen and oxygen atoms in total. The molecule has 8 aliphatic rings. The second-order valence-corrected chi connectivity index (χ2v) is 51.4. The van der Waals surface area contributed by atoms with Crippen molar-refractivity contribution in [3.8, 4) is 34.5 Å². The van der Waals surface area contributed by atoms with Crippen LogP contribution in [0.25, 0.3) is 0 Å². The lowest BCUT2D eigenvalue weighted by Crippen LogP contribution is -2.52. The maximum atomic E-state index is 14.5. The number of anilines is 5. The number of methoxy groups -OCH3 is 2. The molecule has 0 fully saturated rings. The van der Waals surface area contributed by atoms with Crippen LogP contribution in [0.5, 0.6) is 34.5 Å². The summed E-state index contributed by atoms with van der Waals surface area (Å²) in [6.45, 7) is 26.6. The molecule has 8 heterocycles. The van der Waals surface area contributed by atoms with Gasteiger partial charge in [-0.15, -0.1) is 0 Å². The molecule has 9 N–H and O–H groups in total. The third kappa shape index (κ3) is 23.5. The third-order valence-corrected chi connectivity index (χ3v) is 30.7. The van der Waals surface area contributed by atoms with E-state index in [-0.39, 0.29) is 98.1 Å². The van der Waals surface area contributed by atoms with Gasteiger partial charge in [-0.25, -0.2) is 4.79 Å². The monoisotopic (exact) mass is 1920 g/mol. The molecule has 0 bridgehead atoms. The summed E-state index contributed by atoms with van der Waals surface area (Å²) in [5.74, 6) is 0.886. The van der Waals surface area contributed by atoms with E-state index in [1.165, 1.54) is 11.1 Å². The number of primary amides is 1. The maximum absolute atomic E-state index is 14.5. The second kappa shape index (κ2) is 44.0. The Morgan fingerprint density at radius 2 is 0.978 bits per heavy atom. The molecule has 9 amide bonds. The molecule has 0 saturated carbocycles. The Labute approximate surface area is 810 Å². The van der Waals surface area contributed by atoms with E-state index in [4.69, 9.17) is 60.1 Å². The van der Waals surface area contributed by atoms with Crippen LogP contribution >= 0.6 is 0 Å². The quantitative estimate of drug-likeness (QED) is 0.0119. The number of rotatable bonds is 38. The zero-order valence-electron chi connectivity index (χ0n) is 81.6. The van der Waals surface area contributed by atoms with Crippen molar-refractivity contribution < 1.29 is 81.0 Å². The molecule has 0 spiro atoms. The third-order valence-electron chi connectivity index (χ3n) is 27.3. The number of benzene rings is 8. The molecule has 16 rings (SSSR count). The number of unbranched alkanes of at least 4 members (excludes halogenated alkanes) is 4. The van der Waals surface area contributed by atoms with E-state index in [2.05, 4.69) is 73.4 Å². The van der Waals surface area contributed by atoms with Gasteiger partial charge in [-0.2, -0.15) is 0 Å². The lowest BCUT2D eigenvalue weighted by atomic mass is 9.90. The average molecular weight is 1920 g/mol. The van der Waals surface area contributed by atoms with Gasteiger partial charge in [-0.05, 0) is 200 Å². The van der Waals surface area contributed by atoms with Crippen LogP contribution in [0.1, 0.15) is 169 Å². The number of ketones is 1. The fraction of sp³-hybridized carbons (Fsp3) is 0.453. The number of ether oxygens (including phenoxy) is 8. The van der Waals surface area contributed by atoms with Gasteiger partial charge < -0.3 is 90.6 Å². The highest BCUT2D eigenvalue weighted by molar-refractivity contribution is 6.76.